The standard InChI is InChI=1S/C31H42N2O6/c1-6-19-18-33-11-9-21-14-27(35-3)28(36-4)17-24(21)26(33)13-22(19)12-25-23-16-29(37-5)30(39-31(34)38-7-2)15-20(23)8-10-32-25/h14-17,19,22,25-26,32H,6-13,18H2,1-5H3/t19-,22-,25+,26-/m0/s1. The van der Waals surface area contributed by atoms with E-state index in [1.165, 1.54) is 28.7 Å². The van der Waals surface area contributed by atoms with Crippen LogP contribution in [0.15, 0.2) is 24.3 Å². The van der Waals surface area contributed by atoms with Gasteiger partial charge in [-0.3, -0.25) is 4.90 Å². The molecule has 8 nitrogen and oxygen atoms in total. The summed E-state index contributed by atoms with van der Waals surface area (Å²) in [4.78, 5) is 14.7. The molecule has 2 aromatic rings. The molecule has 8 heteroatoms. The van der Waals surface area contributed by atoms with Gasteiger partial charge in [-0.25, -0.2) is 4.79 Å². The molecule has 3 aliphatic rings. The number of carbonyl (C=O) groups excluding carboxylic acids is 1. The number of hydrogen-bond acceptors (Lipinski definition) is 8. The van der Waals surface area contributed by atoms with Crippen LogP contribution in [0.5, 0.6) is 23.0 Å². The van der Waals surface area contributed by atoms with Gasteiger partial charge in [0.25, 0.3) is 0 Å². The minimum Gasteiger partial charge on any atom is -0.493 e. The van der Waals surface area contributed by atoms with E-state index in [0.29, 0.717) is 29.4 Å². The minimum absolute atomic E-state index is 0.221. The first-order valence-corrected chi connectivity index (χ1v) is 14.3. The fraction of sp³-hybridized carbons (Fsp3) is 0.581. The summed E-state index contributed by atoms with van der Waals surface area (Å²) in [6.45, 7) is 7.45. The Bertz CT molecular complexity index is 1180. The van der Waals surface area contributed by atoms with Crippen LogP contribution in [0, 0.1) is 11.8 Å². The Kier molecular flexibility index (Phi) is 8.52. The lowest BCUT2D eigenvalue weighted by atomic mass is 9.72. The number of nitrogens with zero attached hydrogens (tertiary/aromatic N) is 1. The fourth-order valence-corrected chi connectivity index (χ4v) is 6.89. The van der Waals surface area contributed by atoms with E-state index in [1.807, 2.05) is 12.1 Å². The van der Waals surface area contributed by atoms with Gasteiger partial charge >= 0.3 is 6.16 Å². The second-order valence-electron chi connectivity index (χ2n) is 10.8. The van der Waals surface area contributed by atoms with Gasteiger partial charge in [-0.15, -0.1) is 0 Å². The van der Waals surface area contributed by atoms with Gasteiger partial charge in [0.05, 0.1) is 27.9 Å². The van der Waals surface area contributed by atoms with Gasteiger partial charge in [-0.2, -0.15) is 0 Å². The molecule has 212 valence electrons. The number of rotatable bonds is 8. The topological polar surface area (TPSA) is 78.5 Å². The van der Waals surface area contributed by atoms with Crippen molar-refractivity contribution in [2.45, 2.75) is 58.0 Å². The molecule has 0 aromatic heterocycles. The molecule has 0 spiro atoms. The van der Waals surface area contributed by atoms with E-state index in [1.54, 1.807) is 28.3 Å². The van der Waals surface area contributed by atoms with Crippen molar-refractivity contribution in [1.29, 1.82) is 0 Å². The quantitative estimate of drug-likeness (QED) is 0.350. The van der Waals surface area contributed by atoms with Crippen molar-refractivity contribution in [3.63, 3.8) is 0 Å². The van der Waals surface area contributed by atoms with Crippen LogP contribution in [-0.2, 0) is 17.6 Å². The lowest BCUT2D eigenvalue weighted by Crippen LogP contribution is -2.46. The first-order chi connectivity index (χ1) is 19.0. The van der Waals surface area contributed by atoms with E-state index in [2.05, 4.69) is 29.3 Å². The van der Waals surface area contributed by atoms with Crippen molar-refractivity contribution < 1.29 is 28.5 Å². The first-order valence-electron chi connectivity index (χ1n) is 14.3. The molecule has 1 saturated heterocycles. The Morgan fingerprint density at radius 1 is 0.897 bits per heavy atom. The Hall–Kier alpha value is -2.97. The van der Waals surface area contributed by atoms with Crippen LogP contribution in [0.1, 0.15) is 67.4 Å². The van der Waals surface area contributed by atoms with Gasteiger partial charge in [-0.1, -0.05) is 13.3 Å². The molecule has 0 unspecified atom stereocenters. The second kappa shape index (κ2) is 12.0. The second-order valence-corrected chi connectivity index (χ2v) is 10.8. The zero-order valence-corrected chi connectivity index (χ0v) is 23.9. The third-order valence-electron chi connectivity index (χ3n) is 8.88. The summed E-state index contributed by atoms with van der Waals surface area (Å²) in [5.41, 5.74) is 5.20. The van der Waals surface area contributed by atoms with Crippen LogP contribution in [-0.4, -0.2) is 58.6 Å². The van der Waals surface area contributed by atoms with Crippen molar-refractivity contribution >= 4 is 6.16 Å². The smallest absolute Gasteiger partial charge is 0.493 e. The average molecular weight is 539 g/mol. The number of hydrogen-bond donors (Lipinski definition) is 1. The van der Waals surface area contributed by atoms with Gasteiger partial charge in [0.15, 0.2) is 23.0 Å². The van der Waals surface area contributed by atoms with Crippen LogP contribution in [0.25, 0.3) is 0 Å². The predicted octanol–water partition coefficient (Wildman–Crippen LogP) is 5.47. The van der Waals surface area contributed by atoms with E-state index in [0.717, 1.165) is 56.8 Å². The Morgan fingerprint density at radius 2 is 1.56 bits per heavy atom. The number of fused-ring (bicyclic) bond motifs is 4. The number of piperidine rings is 1. The molecule has 3 aliphatic heterocycles. The maximum Gasteiger partial charge on any atom is 0.513 e. The van der Waals surface area contributed by atoms with Gasteiger partial charge < -0.3 is 29.0 Å². The molecule has 4 atom stereocenters. The molecule has 1 N–H and O–H groups in total. The number of ether oxygens (including phenoxy) is 5. The molecule has 5 rings (SSSR count). The van der Waals surface area contributed by atoms with Crippen molar-refractivity contribution in [3.8, 4) is 23.0 Å². The number of nitrogens with one attached hydrogen (secondary N) is 1. The Labute approximate surface area is 231 Å². The predicted molar refractivity (Wildman–Crippen MR) is 149 cm³/mol. The van der Waals surface area contributed by atoms with Gasteiger partial charge in [-0.05, 0) is 97.5 Å². The third-order valence-corrected chi connectivity index (χ3v) is 8.88. The summed E-state index contributed by atoms with van der Waals surface area (Å²) in [7, 11) is 5.03. The van der Waals surface area contributed by atoms with Gasteiger partial charge in [0.1, 0.15) is 0 Å². The van der Waals surface area contributed by atoms with E-state index in [4.69, 9.17) is 23.7 Å². The number of benzene rings is 2. The summed E-state index contributed by atoms with van der Waals surface area (Å²) in [6.07, 6.45) is 4.56. The molecule has 0 amide bonds. The molecule has 2 aromatic carbocycles. The molecule has 0 bridgehead atoms. The summed E-state index contributed by atoms with van der Waals surface area (Å²) >= 11 is 0. The van der Waals surface area contributed by atoms with E-state index < -0.39 is 6.16 Å². The lowest BCUT2D eigenvalue weighted by molar-refractivity contribution is 0.0434. The van der Waals surface area contributed by atoms with Gasteiger partial charge in [0, 0.05) is 25.2 Å². The van der Waals surface area contributed by atoms with Crippen LogP contribution < -0.4 is 24.3 Å². The fourth-order valence-electron chi connectivity index (χ4n) is 6.89. The zero-order valence-electron chi connectivity index (χ0n) is 23.9. The molecule has 0 radical (unpaired) electrons. The first kappa shape index (κ1) is 27.6. The van der Waals surface area contributed by atoms with E-state index >= 15 is 0 Å². The molecule has 3 heterocycles. The molecule has 39 heavy (non-hydrogen) atoms. The largest absolute Gasteiger partial charge is 0.513 e. The van der Waals surface area contributed by atoms with Crippen LogP contribution in [0.2, 0.25) is 0 Å². The van der Waals surface area contributed by atoms with E-state index in [-0.39, 0.29) is 12.6 Å². The normalized spacial score (nSPS) is 24.1. The summed E-state index contributed by atoms with van der Waals surface area (Å²) in [5.74, 6) is 3.80. The average Bonchev–Trinajstić information content (AvgIpc) is 2.95. The van der Waals surface area contributed by atoms with Crippen molar-refractivity contribution in [1.82, 2.24) is 10.2 Å². The Balaban J connectivity index is 1.40. The summed E-state index contributed by atoms with van der Waals surface area (Å²) in [6, 6.07) is 8.99. The highest BCUT2D eigenvalue weighted by atomic mass is 16.7. The highest BCUT2D eigenvalue weighted by Crippen LogP contribution is 2.48. The number of carbonyl (C=O) groups is 1. The van der Waals surface area contributed by atoms with E-state index in [9.17, 15) is 4.79 Å². The zero-order chi connectivity index (χ0) is 27.5. The highest BCUT2D eigenvalue weighted by Gasteiger charge is 2.40. The number of methoxy groups -OCH3 is 3. The monoisotopic (exact) mass is 538 g/mol. The minimum atomic E-state index is -0.708. The van der Waals surface area contributed by atoms with Crippen LogP contribution >= 0.6 is 0 Å². The molecule has 1 fully saturated rings. The molecular formula is C31H42N2O6. The maximum absolute atomic E-state index is 12.0. The summed E-state index contributed by atoms with van der Waals surface area (Å²) in [5, 5.41) is 3.79. The molecular weight excluding hydrogens is 496 g/mol. The van der Waals surface area contributed by atoms with Crippen LogP contribution in [0.4, 0.5) is 4.79 Å². The SMILES string of the molecule is CCOC(=O)Oc1cc2c(cc1OC)[C@@H](C[C@H]1C[C@H]3c4cc(OC)c(OC)cc4CCN3C[C@@H]1CC)NCC2. The van der Waals surface area contributed by atoms with Crippen LogP contribution in [0.3, 0.4) is 0 Å². The third kappa shape index (κ3) is 5.54. The Morgan fingerprint density at radius 3 is 2.28 bits per heavy atom. The summed E-state index contributed by atoms with van der Waals surface area (Å²) < 4.78 is 27.3. The van der Waals surface area contributed by atoms with Gasteiger partial charge in [0.2, 0.25) is 0 Å². The maximum atomic E-state index is 12.0. The molecule has 0 aliphatic carbocycles. The lowest BCUT2D eigenvalue weighted by Gasteiger charge is -2.48. The van der Waals surface area contributed by atoms with Crippen molar-refractivity contribution in [2.75, 3.05) is 47.6 Å². The van der Waals surface area contributed by atoms with Crippen molar-refractivity contribution in [2.24, 2.45) is 11.8 Å². The van der Waals surface area contributed by atoms with Crippen molar-refractivity contribution in [3.05, 3.63) is 46.5 Å². The highest BCUT2D eigenvalue weighted by molar-refractivity contribution is 5.66. The molecule has 0 saturated carbocycles.